The highest BCUT2D eigenvalue weighted by Gasteiger charge is 2.26. The molecule has 0 aliphatic rings. The van der Waals surface area contributed by atoms with Crippen LogP contribution in [0.1, 0.15) is 16.8 Å². The zero-order chi connectivity index (χ0) is 19.5. The number of nitrogens with one attached hydrogen (secondary N) is 1. The molecule has 9 nitrogen and oxygen atoms in total. The number of ketones is 2. The van der Waals surface area contributed by atoms with Gasteiger partial charge in [0.05, 0.1) is 6.42 Å². The summed E-state index contributed by atoms with van der Waals surface area (Å²) >= 11 is 0. The van der Waals surface area contributed by atoms with Crippen molar-refractivity contribution < 1.29 is 38.6 Å². The van der Waals surface area contributed by atoms with E-state index in [0.717, 1.165) is 0 Å². The van der Waals surface area contributed by atoms with Crippen molar-refractivity contribution in [3.05, 3.63) is 48.6 Å². The summed E-state index contributed by atoms with van der Waals surface area (Å²) in [6, 6.07) is 6.07. The van der Waals surface area contributed by atoms with Crippen LogP contribution in [0.25, 0.3) is 0 Å². The van der Waals surface area contributed by atoms with Gasteiger partial charge in [-0.05, 0) is 0 Å². The minimum atomic E-state index is -1.48. The second kappa shape index (κ2) is 10.4. The van der Waals surface area contributed by atoms with Gasteiger partial charge in [-0.1, -0.05) is 43.0 Å². The molecule has 0 radical (unpaired) electrons. The molecule has 1 atom stereocenters. The molecule has 0 saturated heterocycles. The van der Waals surface area contributed by atoms with Crippen LogP contribution in [0.3, 0.4) is 0 Å². The lowest BCUT2D eigenvalue weighted by Gasteiger charge is -2.15. The molecule has 0 heterocycles. The van der Waals surface area contributed by atoms with Crippen molar-refractivity contribution in [1.82, 2.24) is 5.32 Å². The van der Waals surface area contributed by atoms with E-state index in [4.69, 9.17) is 5.11 Å². The van der Waals surface area contributed by atoms with Gasteiger partial charge < -0.3 is 19.9 Å². The van der Waals surface area contributed by atoms with Crippen LogP contribution in [0.4, 0.5) is 4.79 Å². The molecule has 26 heavy (non-hydrogen) atoms. The molecule has 0 saturated carbocycles. The van der Waals surface area contributed by atoms with Gasteiger partial charge >= 0.3 is 18.0 Å². The Morgan fingerprint density at radius 2 is 1.77 bits per heavy atom. The number of amides is 1. The van der Waals surface area contributed by atoms with Crippen LogP contribution in [0.5, 0.6) is 0 Å². The molecule has 1 amide bonds. The predicted molar refractivity (Wildman–Crippen MR) is 87.5 cm³/mol. The lowest BCUT2D eigenvalue weighted by molar-refractivity contribution is -0.145. The van der Waals surface area contributed by atoms with Crippen molar-refractivity contribution in [2.45, 2.75) is 12.5 Å². The number of carbonyl (C=O) groups is 5. The van der Waals surface area contributed by atoms with E-state index in [9.17, 15) is 24.0 Å². The number of Topliss-reactive ketones (excluding diaryl/α,β-unsaturated/α-hetero) is 2. The fourth-order valence-corrected chi connectivity index (χ4v) is 1.75. The molecule has 1 aromatic rings. The monoisotopic (exact) mass is 363 g/mol. The van der Waals surface area contributed by atoms with E-state index in [1.165, 1.54) is 18.2 Å². The third-order valence-electron chi connectivity index (χ3n) is 2.96. The van der Waals surface area contributed by atoms with Gasteiger partial charge in [-0.15, -0.1) is 0 Å². The molecule has 9 heteroatoms. The average Bonchev–Trinajstić information content (AvgIpc) is 2.63. The molecular weight excluding hydrogens is 346 g/mol. The van der Waals surface area contributed by atoms with Gasteiger partial charge in [-0.25, -0.2) is 9.59 Å². The summed E-state index contributed by atoms with van der Waals surface area (Å²) in [5.74, 6) is -4.49. The summed E-state index contributed by atoms with van der Waals surface area (Å²) in [5.41, 5.74) is 0.0816. The van der Waals surface area contributed by atoms with Crippen LogP contribution in [0.2, 0.25) is 0 Å². The third kappa shape index (κ3) is 6.95. The fourth-order valence-electron chi connectivity index (χ4n) is 1.75. The highest BCUT2D eigenvalue weighted by Crippen LogP contribution is 2.03. The van der Waals surface area contributed by atoms with Crippen LogP contribution >= 0.6 is 0 Å². The normalized spacial score (nSPS) is 10.9. The number of hydrogen-bond donors (Lipinski definition) is 2. The maximum atomic E-state index is 12.0. The predicted octanol–water partition coefficient (Wildman–Crippen LogP) is 0.737. The fraction of sp³-hybridized carbons (Fsp3) is 0.235. The van der Waals surface area contributed by atoms with Gasteiger partial charge in [0.25, 0.3) is 5.78 Å². The van der Waals surface area contributed by atoms with Crippen molar-refractivity contribution >= 4 is 29.6 Å². The van der Waals surface area contributed by atoms with Gasteiger partial charge in [0.15, 0.2) is 12.4 Å². The van der Waals surface area contributed by atoms with E-state index >= 15 is 0 Å². The maximum absolute atomic E-state index is 12.0. The highest BCUT2D eigenvalue weighted by atomic mass is 16.6. The molecule has 1 aromatic carbocycles. The largest absolute Gasteiger partial charge is 0.481 e. The first kappa shape index (κ1) is 20.6. The first-order valence-electron chi connectivity index (χ1n) is 7.40. The van der Waals surface area contributed by atoms with Gasteiger partial charge in [-0.3, -0.25) is 14.4 Å². The van der Waals surface area contributed by atoms with Crippen LogP contribution in [0, 0.1) is 0 Å². The van der Waals surface area contributed by atoms with Crippen molar-refractivity contribution in [3.63, 3.8) is 0 Å². The zero-order valence-corrected chi connectivity index (χ0v) is 13.7. The van der Waals surface area contributed by atoms with E-state index in [1.807, 2.05) is 0 Å². The van der Waals surface area contributed by atoms with E-state index in [0.29, 0.717) is 0 Å². The van der Waals surface area contributed by atoms with Crippen molar-refractivity contribution in [2.75, 3.05) is 13.2 Å². The number of carboxylic acids is 1. The Balaban J connectivity index is 2.63. The molecule has 0 bridgehead atoms. The van der Waals surface area contributed by atoms with Gasteiger partial charge in [0, 0.05) is 5.56 Å². The summed E-state index contributed by atoms with van der Waals surface area (Å²) in [6.07, 6.45) is -0.493. The summed E-state index contributed by atoms with van der Waals surface area (Å²) in [7, 11) is 0. The minimum absolute atomic E-state index is 0.0816. The lowest BCUT2D eigenvalue weighted by atomic mass is 10.1. The molecule has 0 aliphatic heterocycles. The number of alkyl carbamates (subject to hydrolysis) is 1. The standard InChI is InChI=1S/C17H17NO8/c1-2-8-25-17(24)18-12(9-14(20)21)13(19)10-26-16(23)15(22)11-6-4-3-5-7-11/h2-7,12H,1,8-10H2,(H,18,24)(H,20,21). The number of carbonyl (C=O) groups excluding carboxylic acids is 4. The molecule has 0 fully saturated rings. The van der Waals surface area contributed by atoms with E-state index in [1.54, 1.807) is 18.2 Å². The number of esters is 1. The highest BCUT2D eigenvalue weighted by molar-refractivity contribution is 6.40. The molecule has 1 rings (SSSR count). The van der Waals surface area contributed by atoms with E-state index < -0.39 is 48.7 Å². The molecule has 2 N–H and O–H groups in total. The Labute approximate surface area is 148 Å². The number of aliphatic carboxylic acids is 1. The molecule has 0 aromatic heterocycles. The Kier molecular flexibility index (Phi) is 8.21. The Bertz CT molecular complexity index is 698. The van der Waals surface area contributed by atoms with Gasteiger partial charge in [0.1, 0.15) is 12.6 Å². The third-order valence-corrected chi connectivity index (χ3v) is 2.96. The topological polar surface area (TPSA) is 136 Å². The van der Waals surface area contributed by atoms with Crippen molar-refractivity contribution in [2.24, 2.45) is 0 Å². The maximum Gasteiger partial charge on any atom is 0.408 e. The molecule has 1 unspecified atom stereocenters. The van der Waals surface area contributed by atoms with Gasteiger partial charge in [-0.2, -0.15) is 0 Å². The van der Waals surface area contributed by atoms with Gasteiger partial charge in [0.2, 0.25) is 0 Å². The first-order chi connectivity index (χ1) is 12.3. The van der Waals surface area contributed by atoms with Crippen LogP contribution in [0.15, 0.2) is 43.0 Å². The summed E-state index contributed by atoms with van der Waals surface area (Å²) < 4.78 is 9.21. The lowest BCUT2D eigenvalue weighted by Crippen LogP contribution is -2.44. The number of benzene rings is 1. The van der Waals surface area contributed by atoms with Crippen LogP contribution in [-0.2, 0) is 23.9 Å². The second-order valence-corrected chi connectivity index (χ2v) is 4.92. The smallest absolute Gasteiger partial charge is 0.408 e. The van der Waals surface area contributed by atoms with Crippen molar-refractivity contribution in [1.29, 1.82) is 0 Å². The second-order valence-electron chi connectivity index (χ2n) is 4.92. The molecular formula is C17H17NO8. The molecule has 0 aliphatic carbocycles. The number of rotatable bonds is 10. The number of hydrogen-bond acceptors (Lipinski definition) is 7. The number of ether oxygens (including phenoxy) is 2. The summed E-state index contributed by atoms with van der Waals surface area (Å²) in [4.78, 5) is 57.8. The minimum Gasteiger partial charge on any atom is -0.481 e. The van der Waals surface area contributed by atoms with Crippen LogP contribution in [-0.4, -0.2) is 54.0 Å². The van der Waals surface area contributed by atoms with E-state index in [2.05, 4.69) is 21.4 Å². The number of carboxylic acid groups (broad SMARTS) is 1. The Morgan fingerprint density at radius 1 is 1.12 bits per heavy atom. The molecule has 0 spiro atoms. The summed E-state index contributed by atoms with van der Waals surface area (Å²) in [6.45, 7) is 2.31. The first-order valence-corrected chi connectivity index (χ1v) is 7.40. The quantitative estimate of drug-likeness (QED) is 0.269. The summed E-state index contributed by atoms with van der Waals surface area (Å²) in [5, 5.41) is 10.9. The Morgan fingerprint density at radius 3 is 2.35 bits per heavy atom. The molecule has 138 valence electrons. The zero-order valence-electron chi connectivity index (χ0n) is 13.7. The SMILES string of the molecule is C=CCOC(=O)NC(CC(=O)O)C(=O)COC(=O)C(=O)c1ccccc1. The Hall–Kier alpha value is -3.49. The average molecular weight is 363 g/mol. The van der Waals surface area contributed by atoms with Crippen LogP contribution < -0.4 is 5.32 Å². The van der Waals surface area contributed by atoms with Crippen molar-refractivity contribution in [3.8, 4) is 0 Å². The van der Waals surface area contributed by atoms with E-state index in [-0.39, 0.29) is 12.2 Å².